The molecule has 3 heterocycles. The van der Waals surface area contributed by atoms with Gasteiger partial charge in [-0.1, -0.05) is 26.0 Å². The number of rotatable bonds is 12. The number of Topliss-reactive ketones (excluding diaryl/α,β-unsaturated/α-hetero) is 1. The molecule has 0 saturated carbocycles. The smallest absolute Gasteiger partial charge is 0.295 e. The number of carbonyl (C=O) groups is 2. The standard InChI is InChI=1S/C32H42N4O5/c1-8-40-25-19-23(12-13-24(25)41-18-14-20(2)3)28-26(30(38)32(39)36(28)17-10-15-34(6)7)29(37)27-22(5)35-16-9-11-21(4)31(35)33-27/h9,11-13,16,19-20,28,37H,8,10,14-15,17-18H2,1-7H3. The van der Waals surface area contributed by atoms with Crippen molar-refractivity contribution < 1.29 is 24.2 Å². The molecule has 1 aliphatic rings. The summed E-state index contributed by atoms with van der Waals surface area (Å²) in [7, 11) is 3.93. The molecule has 0 bridgehead atoms. The number of benzene rings is 1. The lowest BCUT2D eigenvalue weighted by molar-refractivity contribution is -0.139. The Balaban J connectivity index is 1.84. The molecule has 1 fully saturated rings. The Bertz CT molecular complexity index is 1460. The number of ether oxygens (including phenoxy) is 2. The Hall–Kier alpha value is -3.85. The Labute approximate surface area is 242 Å². The highest BCUT2D eigenvalue weighted by Crippen LogP contribution is 2.42. The molecule has 1 saturated heterocycles. The van der Waals surface area contributed by atoms with E-state index in [0.29, 0.717) is 60.5 Å². The molecule has 0 aliphatic carbocycles. The Morgan fingerprint density at radius 1 is 1.12 bits per heavy atom. The van der Waals surface area contributed by atoms with Gasteiger partial charge in [-0.25, -0.2) is 4.98 Å². The number of pyridine rings is 1. The van der Waals surface area contributed by atoms with Gasteiger partial charge >= 0.3 is 0 Å². The summed E-state index contributed by atoms with van der Waals surface area (Å²) in [5, 5.41) is 11.7. The SMILES string of the molecule is CCOc1cc(C2C(=C(O)c3nc4c(C)cccn4c3C)C(=O)C(=O)N2CCCN(C)C)ccc1OCCC(C)C. The van der Waals surface area contributed by atoms with E-state index in [1.165, 1.54) is 0 Å². The predicted octanol–water partition coefficient (Wildman–Crippen LogP) is 5.15. The molecule has 0 radical (unpaired) electrons. The number of nitrogens with zero attached hydrogens (tertiary/aromatic N) is 4. The maximum Gasteiger partial charge on any atom is 0.295 e. The molecule has 1 aromatic carbocycles. The van der Waals surface area contributed by atoms with Crippen LogP contribution in [0.2, 0.25) is 0 Å². The van der Waals surface area contributed by atoms with E-state index in [9.17, 15) is 14.7 Å². The van der Waals surface area contributed by atoms with Gasteiger partial charge in [0.1, 0.15) is 11.3 Å². The fourth-order valence-corrected chi connectivity index (χ4v) is 5.18. The van der Waals surface area contributed by atoms with E-state index in [1.807, 2.05) is 80.7 Å². The second-order valence-corrected chi connectivity index (χ2v) is 11.3. The van der Waals surface area contributed by atoms with E-state index in [2.05, 4.69) is 18.8 Å². The number of hydrogen-bond acceptors (Lipinski definition) is 7. The van der Waals surface area contributed by atoms with Gasteiger partial charge in [0.15, 0.2) is 17.3 Å². The highest BCUT2D eigenvalue weighted by atomic mass is 16.5. The van der Waals surface area contributed by atoms with Gasteiger partial charge < -0.3 is 28.8 Å². The van der Waals surface area contributed by atoms with Crippen LogP contribution in [0.4, 0.5) is 0 Å². The molecule has 3 aromatic rings. The van der Waals surface area contributed by atoms with Crippen molar-refractivity contribution in [3.05, 3.63) is 64.6 Å². The van der Waals surface area contributed by atoms with Crippen LogP contribution in [0.5, 0.6) is 11.5 Å². The average Bonchev–Trinajstić information content (AvgIpc) is 3.39. The zero-order chi connectivity index (χ0) is 29.8. The van der Waals surface area contributed by atoms with E-state index in [4.69, 9.17) is 9.47 Å². The molecule has 1 atom stereocenters. The number of aliphatic hydroxyl groups is 1. The minimum absolute atomic E-state index is 0.0277. The van der Waals surface area contributed by atoms with Crippen LogP contribution in [0.3, 0.4) is 0 Å². The molecule has 9 heteroatoms. The summed E-state index contributed by atoms with van der Waals surface area (Å²) in [6.45, 7) is 12.0. The summed E-state index contributed by atoms with van der Waals surface area (Å²) >= 11 is 0. The van der Waals surface area contributed by atoms with Gasteiger partial charge in [0, 0.05) is 12.7 Å². The molecule has 0 spiro atoms. The number of carbonyl (C=O) groups excluding carboxylic acids is 2. The first-order chi connectivity index (χ1) is 19.5. The number of amides is 1. The maximum atomic E-state index is 13.6. The Morgan fingerprint density at radius 3 is 2.54 bits per heavy atom. The molecule has 1 aliphatic heterocycles. The summed E-state index contributed by atoms with van der Waals surface area (Å²) in [5.74, 6) is 0.00128. The lowest BCUT2D eigenvalue weighted by atomic mass is 9.96. The molecule has 41 heavy (non-hydrogen) atoms. The quantitative estimate of drug-likeness (QED) is 0.185. The molecule has 2 aromatic heterocycles. The number of hydrogen-bond donors (Lipinski definition) is 1. The number of fused-ring (bicyclic) bond motifs is 1. The summed E-state index contributed by atoms with van der Waals surface area (Å²) in [4.78, 5) is 35.3. The minimum atomic E-state index is -0.800. The molecule has 1 N–H and O–H groups in total. The second-order valence-electron chi connectivity index (χ2n) is 11.3. The largest absolute Gasteiger partial charge is 0.505 e. The van der Waals surface area contributed by atoms with Crippen molar-refractivity contribution in [1.29, 1.82) is 0 Å². The molecular weight excluding hydrogens is 520 g/mol. The lowest BCUT2D eigenvalue weighted by Gasteiger charge is -2.26. The summed E-state index contributed by atoms with van der Waals surface area (Å²) in [6, 6.07) is 8.53. The average molecular weight is 563 g/mol. The topological polar surface area (TPSA) is 96.6 Å². The van der Waals surface area contributed by atoms with Gasteiger partial charge in [0.05, 0.1) is 30.5 Å². The summed E-state index contributed by atoms with van der Waals surface area (Å²) in [6.07, 6.45) is 3.43. The summed E-state index contributed by atoms with van der Waals surface area (Å²) < 4.78 is 13.8. The number of imidazole rings is 1. The first-order valence-corrected chi connectivity index (χ1v) is 14.3. The van der Waals surface area contributed by atoms with Crippen molar-refractivity contribution in [2.75, 3.05) is 40.4 Å². The van der Waals surface area contributed by atoms with Crippen molar-refractivity contribution in [3.63, 3.8) is 0 Å². The normalized spacial score (nSPS) is 16.9. The molecule has 1 amide bonds. The number of aliphatic hydroxyl groups excluding tert-OH is 1. The molecule has 220 valence electrons. The third-order valence-corrected chi connectivity index (χ3v) is 7.39. The van der Waals surface area contributed by atoms with Crippen LogP contribution in [0.15, 0.2) is 42.1 Å². The Morgan fingerprint density at radius 2 is 1.88 bits per heavy atom. The molecular formula is C32H42N4O5. The highest BCUT2D eigenvalue weighted by molar-refractivity contribution is 6.46. The van der Waals surface area contributed by atoms with E-state index >= 15 is 0 Å². The van der Waals surface area contributed by atoms with E-state index in [0.717, 1.165) is 18.5 Å². The van der Waals surface area contributed by atoms with Gasteiger partial charge in [0.2, 0.25) is 0 Å². The van der Waals surface area contributed by atoms with Gasteiger partial charge in [0.25, 0.3) is 11.7 Å². The van der Waals surface area contributed by atoms with Crippen LogP contribution in [0.25, 0.3) is 11.4 Å². The first-order valence-electron chi connectivity index (χ1n) is 14.3. The van der Waals surface area contributed by atoms with Crippen LogP contribution in [-0.2, 0) is 9.59 Å². The third-order valence-electron chi connectivity index (χ3n) is 7.39. The number of aryl methyl sites for hydroxylation is 2. The maximum absolute atomic E-state index is 13.6. The molecule has 4 rings (SSSR count). The lowest BCUT2D eigenvalue weighted by Crippen LogP contribution is -2.32. The second kappa shape index (κ2) is 12.8. The van der Waals surface area contributed by atoms with Gasteiger partial charge in [-0.15, -0.1) is 0 Å². The third kappa shape index (κ3) is 6.25. The number of ketones is 1. The minimum Gasteiger partial charge on any atom is -0.505 e. The monoisotopic (exact) mass is 562 g/mol. The number of likely N-dealkylation sites (tertiary alicyclic amines) is 1. The van der Waals surface area contributed by atoms with Crippen molar-refractivity contribution in [1.82, 2.24) is 19.2 Å². The Kier molecular flexibility index (Phi) is 9.38. The zero-order valence-electron chi connectivity index (χ0n) is 25.2. The highest BCUT2D eigenvalue weighted by Gasteiger charge is 2.46. The van der Waals surface area contributed by atoms with Crippen LogP contribution >= 0.6 is 0 Å². The van der Waals surface area contributed by atoms with Crippen molar-refractivity contribution in [2.45, 2.75) is 53.5 Å². The van der Waals surface area contributed by atoms with E-state index in [1.54, 1.807) is 4.90 Å². The number of aromatic nitrogens is 2. The van der Waals surface area contributed by atoms with Crippen LogP contribution < -0.4 is 9.47 Å². The molecule has 9 nitrogen and oxygen atoms in total. The predicted molar refractivity (Wildman–Crippen MR) is 159 cm³/mol. The molecule has 1 unspecified atom stereocenters. The van der Waals surface area contributed by atoms with Crippen LogP contribution in [0, 0.1) is 19.8 Å². The van der Waals surface area contributed by atoms with Crippen molar-refractivity contribution in [2.24, 2.45) is 5.92 Å². The van der Waals surface area contributed by atoms with Crippen molar-refractivity contribution in [3.8, 4) is 11.5 Å². The summed E-state index contributed by atoms with van der Waals surface area (Å²) in [5.41, 5.74) is 3.28. The van der Waals surface area contributed by atoms with Gasteiger partial charge in [-0.2, -0.15) is 0 Å². The van der Waals surface area contributed by atoms with Gasteiger partial charge in [-0.3, -0.25) is 9.59 Å². The fraction of sp³-hybridized carbons (Fsp3) is 0.469. The van der Waals surface area contributed by atoms with Crippen LogP contribution in [0.1, 0.15) is 62.2 Å². The van der Waals surface area contributed by atoms with Gasteiger partial charge in [-0.05, 0) is 89.5 Å². The van der Waals surface area contributed by atoms with E-state index < -0.39 is 17.7 Å². The van der Waals surface area contributed by atoms with Crippen molar-refractivity contribution >= 4 is 23.1 Å². The zero-order valence-corrected chi connectivity index (χ0v) is 25.2. The fourth-order valence-electron chi connectivity index (χ4n) is 5.18. The van der Waals surface area contributed by atoms with E-state index in [-0.39, 0.29) is 17.0 Å². The first kappa shape index (κ1) is 30.1. The van der Waals surface area contributed by atoms with Crippen LogP contribution in [-0.4, -0.2) is 76.4 Å².